The van der Waals surface area contributed by atoms with Crippen molar-refractivity contribution < 1.29 is 0 Å². The van der Waals surface area contributed by atoms with Crippen LogP contribution in [0.15, 0.2) is 12.4 Å². The van der Waals surface area contributed by atoms with E-state index in [9.17, 15) is 0 Å². The average Bonchev–Trinajstić information content (AvgIpc) is 2.26. The fraction of sp³-hybridized carbons (Fsp3) is 0.692. The molecule has 0 amide bonds. The molecule has 1 rings (SSSR count). The Hall–Kier alpha value is -1.32. The van der Waals surface area contributed by atoms with Crippen molar-refractivity contribution in [2.45, 2.75) is 52.5 Å². The summed E-state index contributed by atoms with van der Waals surface area (Å²) in [4.78, 5) is 8.69. The van der Waals surface area contributed by atoms with Gasteiger partial charge in [-0.1, -0.05) is 20.3 Å². The van der Waals surface area contributed by atoms with E-state index in [1.54, 1.807) is 12.4 Å². The molecule has 0 aliphatic carbocycles. The van der Waals surface area contributed by atoms with Crippen molar-refractivity contribution in [3.63, 3.8) is 0 Å². The first-order chi connectivity index (χ1) is 8.07. The summed E-state index contributed by atoms with van der Waals surface area (Å²) in [6.07, 6.45) is 6.88. The van der Waals surface area contributed by atoms with E-state index in [1.165, 1.54) is 0 Å². The first kappa shape index (κ1) is 13.7. The summed E-state index contributed by atoms with van der Waals surface area (Å²) in [6.45, 7) is 9.62. The summed E-state index contributed by atoms with van der Waals surface area (Å²) >= 11 is 0. The molecular weight excluding hydrogens is 212 g/mol. The smallest absolute Gasteiger partial charge is 0.147 e. The van der Waals surface area contributed by atoms with Gasteiger partial charge in [0.2, 0.25) is 0 Å². The van der Waals surface area contributed by atoms with Gasteiger partial charge in [-0.2, -0.15) is 0 Å². The largest absolute Gasteiger partial charge is 0.369 e. The molecule has 4 heteroatoms. The molecule has 17 heavy (non-hydrogen) atoms. The summed E-state index contributed by atoms with van der Waals surface area (Å²) < 4.78 is 0. The number of nitrogens with one attached hydrogen (secondary N) is 2. The van der Waals surface area contributed by atoms with Gasteiger partial charge in [0.25, 0.3) is 0 Å². The molecule has 1 aromatic heterocycles. The minimum Gasteiger partial charge on any atom is -0.369 e. The summed E-state index contributed by atoms with van der Waals surface area (Å²) in [5.41, 5.74) is 0.0623. The summed E-state index contributed by atoms with van der Waals surface area (Å²) in [5, 5.41) is 6.66. The van der Waals surface area contributed by atoms with Gasteiger partial charge < -0.3 is 10.6 Å². The lowest BCUT2D eigenvalue weighted by atomic mass is 9.99. The number of hydrogen-bond acceptors (Lipinski definition) is 4. The van der Waals surface area contributed by atoms with Crippen LogP contribution in [0.4, 0.5) is 11.6 Å². The third-order valence-electron chi connectivity index (χ3n) is 2.53. The van der Waals surface area contributed by atoms with Crippen LogP contribution in [0, 0.1) is 0 Å². The molecule has 0 radical (unpaired) electrons. The van der Waals surface area contributed by atoms with E-state index in [-0.39, 0.29) is 5.54 Å². The first-order valence-corrected chi connectivity index (χ1v) is 6.41. The van der Waals surface area contributed by atoms with E-state index >= 15 is 0 Å². The van der Waals surface area contributed by atoms with E-state index in [1.807, 2.05) is 0 Å². The highest BCUT2D eigenvalue weighted by Gasteiger charge is 2.16. The lowest BCUT2D eigenvalue weighted by Crippen LogP contribution is -2.31. The second-order valence-electron chi connectivity index (χ2n) is 4.98. The predicted molar refractivity (Wildman–Crippen MR) is 73.4 cm³/mol. The SMILES string of the molecule is CCCNc1cncc(NC(C)(C)CCC)n1. The van der Waals surface area contributed by atoms with Crippen LogP contribution in [0.25, 0.3) is 0 Å². The Morgan fingerprint density at radius 2 is 1.82 bits per heavy atom. The molecule has 2 N–H and O–H groups in total. The minimum absolute atomic E-state index is 0.0623. The maximum absolute atomic E-state index is 4.49. The van der Waals surface area contributed by atoms with Crippen molar-refractivity contribution >= 4 is 11.6 Å². The molecule has 0 bridgehead atoms. The van der Waals surface area contributed by atoms with E-state index in [4.69, 9.17) is 0 Å². The Labute approximate surface area is 104 Å². The van der Waals surface area contributed by atoms with Gasteiger partial charge in [0, 0.05) is 12.1 Å². The van der Waals surface area contributed by atoms with E-state index < -0.39 is 0 Å². The molecule has 0 unspecified atom stereocenters. The normalized spacial score (nSPS) is 11.3. The van der Waals surface area contributed by atoms with Crippen LogP contribution in [0.2, 0.25) is 0 Å². The van der Waals surface area contributed by atoms with Crippen LogP contribution in [0.3, 0.4) is 0 Å². The van der Waals surface area contributed by atoms with Gasteiger partial charge in [0.15, 0.2) is 0 Å². The van der Waals surface area contributed by atoms with Crippen LogP contribution in [0.1, 0.15) is 47.0 Å². The van der Waals surface area contributed by atoms with Crippen LogP contribution >= 0.6 is 0 Å². The van der Waals surface area contributed by atoms with Crippen LogP contribution < -0.4 is 10.6 Å². The van der Waals surface area contributed by atoms with Gasteiger partial charge in [0.05, 0.1) is 12.4 Å². The second kappa shape index (κ2) is 6.42. The van der Waals surface area contributed by atoms with E-state index in [2.05, 4.69) is 48.3 Å². The molecule has 0 aliphatic heterocycles. The quantitative estimate of drug-likeness (QED) is 0.762. The molecule has 96 valence electrons. The molecule has 1 aromatic rings. The molecule has 1 heterocycles. The topological polar surface area (TPSA) is 49.8 Å². The fourth-order valence-electron chi connectivity index (χ4n) is 1.80. The second-order valence-corrected chi connectivity index (χ2v) is 4.98. The Morgan fingerprint density at radius 1 is 1.12 bits per heavy atom. The molecule has 0 atom stereocenters. The Kier molecular flexibility index (Phi) is 5.19. The molecule has 4 nitrogen and oxygen atoms in total. The minimum atomic E-state index is 0.0623. The van der Waals surface area contributed by atoms with Gasteiger partial charge >= 0.3 is 0 Å². The van der Waals surface area contributed by atoms with Gasteiger partial charge in [-0.05, 0) is 26.7 Å². The van der Waals surface area contributed by atoms with Crippen LogP contribution in [0.5, 0.6) is 0 Å². The molecule has 0 aliphatic rings. The zero-order chi connectivity index (χ0) is 12.7. The zero-order valence-electron chi connectivity index (χ0n) is 11.4. The fourth-order valence-corrected chi connectivity index (χ4v) is 1.80. The molecule has 0 spiro atoms. The van der Waals surface area contributed by atoms with Gasteiger partial charge in [-0.25, -0.2) is 4.98 Å². The molecule has 0 fully saturated rings. The van der Waals surface area contributed by atoms with Crippen molar-refractivity contribution in [1.29, 1.82) is 0 Å². The van der Waals surface area contributed by atoms with E-state index in [0.717, 1.165) is 37.4 Å². The Bertz CT molecular complexity index is 336. The Morgan fingerprint density at radius 3 is 2.47 bits per heavy atom. The third-order valence-corrected chi connectivity index (χ3v) is 2.53. The molecule has 0 saturated carbocycles. The predicted octanol–water partition coefficient (Wildman–Crippen LogP) is 3.29. The summed E-state index contributed by atoms with van der Waals surface area (Å²) in [5.74, 6) is 1.67. The van der Waals surface area contributed by atoms with Crippen molar-refractivity contribution in [3.8, 4) is 0 Å². The number of rotatable bonds is 7. The highest BCUT2D eigenvalue weighted by molar-refractivity contribution is 5.42. The Balaban J connectivity index is 2.64. The molecule has 0 aromatic carbocycles. The van der Waals surface area contributed by atoms with E-state index in [0.29, 0.717) is 0 Å². The standard InChI is InChI=1S/C13H24N4/c1-5-7-13(3,4)17-12-10-14-9-11(16-12)15-8-6-2/h9-10H,5-8H2,1-4H3,(H2,15,16,17). The van der Waals surface area contributed by atoms with Crippen LogP contribution in [-0.2, 0) is 0 Å². The summed E-state index contributed by atoms with van der Waals surface area (Å²) in [7, 11) is 0. The summed E-state index contributed by atoms with van der Waals surface area (Å²) in [6, 6.07) is 0. The number of hydrogen-bond donors (Lipinski definition) is 2. The van der Waals surface area contributed by atoms with Crippen molar-refractivity contribution in [3.05, 3.63) is 12.4 Å². The van der Waals surface area contributed by atoms with Gasteiger partial charge in [0.1, 0.15) is 11.6 Å². The maximum atomic E-state index is 4.49. The number of aromatic nitrogens is 2. The first-order valence-electron chi connectivity index (χ1n) is 6.41. The number of nitrogens with zero attached hydrogens (tertiary/aromatic N) is 2. The third kappa shape index (κ3) is 5.02. The van der Waals surface area contributed by atoms with Crippen molar-refractivity contribution in [2.24, 2.45) is 0 Å². The number of anilines is 2. The highest BCUT2D eigenvalue weighted by Crippen LogP contribution is 2.18. The monoisotopic (exact) mass is 236 g/mol. The molecular formula is C13H24N4. The zero-order valence-corrected chi connectivity index (χ0v) is 11.4. The molecule has 0 saturated heterocycles. The van der Waals surface area contributed by atoms with Gasteiger partial charge in [-0.3, -0.25) is 4.98 Å². The average molecular weight is 236 g/mol. The van der Waals surface area contributed by atoms with Crippen LogP contribution in [-0.4, -0.2) is 22.1 Å². The van der Waals surface area contributed by atoms with Crippen molar-refractivity contribution in [1.82, 2.24) is 9.97 Å². The van der Waals surface area contributed by atoms with Gasteiger partial charge in [-0.15, -0.1) is 0 Å². The lowest BCUT2D eigenvalue weighted by Gasteiger charge is -2.26. The maximum Gasteiger partial charge on any atom is 0.147 e. The highest BCUT2D eigenvalue weighted by atomic mass is 15.1. The van der Waals surface area contributed by atoms with Crippen molar-refractivity contribution in [2.75, 3.05) is 17.2 Å². The lowest BCUT2D eigenvalue weighted by molar-refractivity contribution is 0.509.